The Balaban J connectivity index is 2.59. The molecule has 0 saturated carbocycles. The molecule has 1 aromatic carbocycles. The molecule has 82 valence electrons. The van der Waals surface area contributed by atoms with Crippen molar-refractivity contribution < 1.29 is 9.18 Å². The normalized spacial score (nSPS) is 14.4. The second-order valence-electron chi connectivity index (χ2n) is 3.75. The number of rotatable bonds is 3. The molecular weight excluding hydrogens is 223 g/mol. The Hall–Kier alpha value is -1.48. The summed E-state index contributed by atoms with van der Waals surface area (Å²) in [6, 6.07) is 8.99. The van der Waals surface area contributed by atoms with Crippen LogP contribution in [0.5, 0.6) is 0 Å². The van der Waals surface area contributed by atoms with Gasteiger partial charge >= 0.3 is 0 Å². The van der Waals surface area contributed by atoms with Crippen LogP contribution >= 0.6 is 11.3 Å². The minimum Gasteiger partial charge on any atom is -0.299 e. The van der Waals surface area contributed by atoms with Gasteiger partial charge in [0, 0.05) is 5.56 Å². The third kappa shape index (κ3) is 1.91. The van der Waals surface area contributed by atoms with Crippen molar-refractivity contribution in [2.24, 2.45) is 0 Å². The molecule has 0 aliphatic carbocycles. The number of halogens is 1. The summed E-state index contributed by atoms with van der Waals surface area (Å²) in [6.45, 7) is 1.28. The lowest BCUT2D eigenvalue weighted by atomic mass is 9.91. The third-order valence-corrected chi connectivity index (χ3v) is 3.19. The van der Waals surface area contributed by atoms with E-state index in [1.807, 2.05) is 29.0 Å². The summed E-state index contributed by atoms with van der Waals surface area (Å²) in [6.07, 6.45) is 0.345. The van der Waals surface area contributed by atoms with E-state index in [0.29, 0.717) is 11.8 Å². The highest BCUT2D eigenvalue weighted by Gasteiger charge is 2.27. The van der Waals surface area contributed by atoms with E-state index in [4.69, 9.17) is 0 Å². The first kappa shape index (κ1) is 11.0. The Kier molecular flexibility index (Phi) is 2.88. The van der Waals surface area contributed by atoms with Gasteiger partial charge in [0.25, 0.3) is 0 Å². The van der Waals surface area contributed by atoms with E-state index >= 15 is 0 Å². The maximum atomic E-state index is 14.0. The number of aldehydes is 1. The molecule has 0 fully saturated rings. The topological polar surface area (TPSA) is 17.1 Å². The lowest BCUT2D eigenvalue weighted by Crippen LogP contribution is -2.17. The second-order valence-corrected chi connectivity index (χ2v) is 4.53. The number of carbonyl (C=O) groups excluding carboxylic acids is 1. The summed E-state index contributed by atoms with van der Waals surface area (Å²) in [5.74, 6) is 0. The van der Waals surface area contributed by atoms with E-state index < -0.39 is 5.67 Å². The number of hydrogen-bond acceptors (Lipinski definition) is 2. The zero-order chi connectivity index (χ0) is 11.6. The molecule has 3 heteroatoms. The Bertz CT molecular complexity index is 488. The molecule has 0 radical (unpaired) electrons. The smallest absolute Gasteiger partial charge is 0.188 e. The number of alkyl halides is 1. The van der Waals surface area contributed by atoms with Crippen LogP contribution in [0.2, 0.25) is 0 Å². The van der Waals surface area contributed by atoms with Gasteiger partial charge in [-0.15, -0.1) is 0 Å². The molecule has 0 saturated heterocycles. The van der Waals surface area contributed by atoms with Crippen LogP contribution < -0.4 is 0 Å². The van der Waals surface area contributed by atoms with Crippen molar-refractivity contribution in [3.63, 3.8) is 0 Å². The predicted octanol–water partition coefficient (Wildman–Crippen LogP) is 3.80. The number of thiophene rings is 1. The van der Waals surface area contributed by atoms with Crippen LogP contribution in [0.1, 0.15) is 12.5 Å². The first-order valence-corrected chi connectivity index (χ1v) is 5.87. The quantitative estimate of drug-likeness (QED) is 0.738. The number of carbonyl (C=O) groups is 1. The van der Waals surface area contributed by atoms with E-state index in [2.05, 4.69) is 0 Å². The van der Waals surface area contributed by atoms with Gasteiger partial charge in [-0.3, -0.25) is 4.79 Å². The lowest BCUT2D eigenvalue weighted by molar-refractivity contribution is -0.117. The van der Waals surface area contributed by atoms with Crippen LogP contribution in [-0.2, 0) is 10.5 Å². The lowest BCUT2D eigenvalue weighted by Gasteiger charge is -2.17. The van der Waals surface area contributed by atoms with E-state index in [1.165, 1.54) is 6.92 Å². The molecule has 1 aromatic heterocycles. The largest absolute Gasteiger partial charge is 0.299 e. The van der Waals surface area contributed by atoms with Crippen molar-refractivity contribution in [2.45, 2.75) is 12.6 Å². The maximum absolute atomic E-state index is 14.0. The highest BCUT2D eigenvalue weighted by atomic mass is 32.1. The van der Waals surface area contributed by atoms with Crippen molar-refractivity contribution in [1.29, 1.82) is 0 Å². The van der Waals surface area contributed by atoms with Gasteiger partial charge in [0.05, 0.1) is 0 Å². The average Bonchev–Trinajstić information content (AvgIpc) is 2.82. The maximum Gasteiger partial charge on any atom is 0.188 e. The van der Waals surface area contributed by atoms with Gasteiger partial charge in [-0.05, 0) is 34.9 Å². The zero-order valence-corrected chi connectivity index (χ0v) is 9.63. The predicted molar refractivity (Wildman–Crippen MR) is 64.3 cm³/mol. The summed E-state index contributed by atoms with van der Waals surface area (Å²) in [5, 5.41) is 3.88. The van der Waals surface area contributed by atoms with Gasteiger partial charge in [0.15, 0.2) is 12.0 Å². The minimum atomic E-state index is -1.93. The summed E-state index contributed by atoms with van der Waals surface area (Å²) in [4.78, 5) is 10.8. The monoisotopic (exact) mass is 234 g/mol. The van der Waals surface area contributed by atoms with E-state index in [9.17, 15) is 9.18 Å². The molecule has 2 rings (SSSR count). The molecule has 1 unspecified atom stereocenters. The van der Waals surface area contributed by atoms with E-state index in [-0.39, 0.29) is 0 Å². The number of hydrogen-bond donors (Lipinski definition) is 0. The second kappa shape index (κ2) is 4.18. The van der Waals surface area contributed by atoms with E-state index in [1.54, 1.807) is 23.5 Å². The molecule has 0 aliphatic heterocycles. The molecule has 1 nitrogen and oxygen atoms in total. The van der Waals surface area contributed by atoms with Crippen LogP contribution in [0.4, 0.5) is 4.39 Å². The summed E-state index contributed by atoms with van der Waals surface area (Å²) < 4.78 is 14.0. The Morgan fingerprint density at radius 3 is 2.69 bits per heavy atom. The fourth-order valence-electron chi connectivity index (χ4n) is 1.64. The van der Waals surface area contributed by atoms with Crippen molar-refractivity contribution in [3.8, 4) is 11.1 Å². The van der Waals surface area contributed by atoms with Crippen molar-refractivity contribution >= 4 is 17.6 Å². The van der Waals surface area contributed by atoms with Gasteiger partial charge in [-0.2, -0.15) is 11.3 Å². The van der Waals surface area contributed by atoms with Crippen molar-refractivity contribution in [2.75, 3.05) is 0 Å². The van der Waals surface area contributed by atoms with Gasteiger partial charge in [-0.25, -0.2) is 4.39 Å². The molecule has 1 heterocycles. The molecule has 2 aromatic rings. The minimum absolute atomic E-state index is 0.345. The van der Waals surface area contributed by atoms with Gasteiger partial charge in [0.1, 0.15) is 0 Å². The van der Waals surface area contributed by atoms with Crippen LogP contribution in [0.15, 0.2) is 41.1 Å². The fourth-order valence-corrected chi connectivity index (χ4v) is 2.30. The van der Waals surface area contributed by atoms with Gasteiger partial charge in [-0.1, -0.05) is 24.3 Å². The molecule has 0 bridgehead atoms. The van der Waals surface area contributed by atoms with Crippen LogP contribution in [0.25, 0.3) is 11.1 Å². The van der Waals surface area contributed by atoms with Crippen LogP contribution in [0.3, 0.4) is 0 Å². The highest BCUT2D eigenvalue weighted by molar-refractivity contribution is 7.08. The molecule has 0 aliphatic rings. The molecule has 1 atom stereocenters. The van der Waals surface area contributed by atoms with Crippen molar-refractivity contribution in [1.82, 2.24) is 0 Å². The number of benzene rings is 1. The Morgan fingerprint density at radius 1 is 1.31 bits per heavy atom. The fraction of sp³-hybridized carbons (Fsp3) is 0.154. The summed E-state index contributed by atoms with van der Waals surface area (Å²) >= 11 is 1.55. The van der Waals surface area contributed by atoms with Gasteiger partial charge < -0.3 is 0 Å². The Labute approximate surface area is 97.6 Å². The SMILES string of the molecule is CC(F)(C=O)c1ccccc1-c1ccsc1. The third-order valence-electron chi connectivity index (χ3n) is 2.51. The van der Waals surface area contributed by atoms with E-state index in [0.717, 1.165) is 11.1 Å². The zero-order valence-electron chi connectivity index (χ0n) is 8.81. The first-order valence-electron chi connectivity index (χ1n) is 4.92. The molecular formula is C13H11FOS. The standard InChI is InChI=1S/C13H11FOS/c1-13(14,9-15)12-5-3-2-4-11(12)10-6-7-16-8-10/h2-9H,1H3. The molecule has 0 N–H and O–H groups in total. The van der Waals surface area contributed by atoms with Gasteiger partial charge in [0.2, 0.25) is 0 Å². The van der Waals surface area contributed by atoms with Crippen molar-refractivity contribution in [3.05, 3.63) is 46.7 Å². The molecule has 0 amide bonds. The summed E-state index contributed by atoms with van der Waals surface area (Å²) in [7, 11) is 0. The first-order chi connectivity index (χ1) is 7.65. The summed E-state index contributed by atoms with van der Waals surface area (Å²) in [5.41, 5.74) is 0.217. The van der Waals surface area contributed by atoms with Crippen LogP contribution in [0, 0.1) is 0 Å². The average molecular weight is 234 g/mol. The Morgan fingerprint density at radius 2 is 2.06 bits per heavy atom. The highest BCUT2D eigenvalue weighted by Crippen LogP contribution is 2.33. The molecule has 0 spiro atoms. The van der Waals surface area contributed by atoms with Crippen LogP contribution in [-0.4, -0.2) is 6.29 Å². The molecule has 16 heavy (non-hydrogen) atoms.